The van der Waals surface area contributed by atoms with Crippen molar-refractivity contribution in [2.75, 3.05) is 29.7 Å². The van der Waals surface area contributed by atoms with Crippen molar-refractivity contribution in [1.29, 1.82) is 0 Å². The van der Waals surface area contributed by atoms with E-state index in [0.29, 0.717) is 35.1 Å². The van der Waals surface area contributed by atoms with Crippen LogP contribution in [0.15, 0.2) is 46.0 Å². The zero-order valence-electron chi connectivity index (χ0n) is 25.0. The van der Waals surface area contributed by atoms with Gasteiger partial charge in [-0.05, 0) is 82.3 Å². The Kier molecular flexibility index (Phi) is 9.87. The highest BCUT2D eigenvalue weighted by Gasteiger charge is 2.21. The minimum absolute atomic E-state index is 0.237. The summed E-state index contributed by atoms with van der Waals surface area (Å²) in [6.07, 6.45) is 3.43. The molecular formula is C29H37N7O5S3. The van der Waals surface area contributed by atoms with Crippen LogP contribution in [-0.2, 0) is 27.8 Å². The highest BCUT2D eigenvalue weighted by atomic mass is 32.2. The molecule has 0 saturated heterocycles. The standard InChI is InChI=1S/C29H37N7O5S3/c1-29(2,3)41-28(38)30-12-5-4-6-13-35-14-8-15-36-21(19-35)18-23(33-36)26(37)32-27-31-22-11-10-20(17-24(22)43-27)34-44(39,40)25-9-7-16-42-25/h7,9-11,16-18,34H,4-6,8,12-15,19H2,1-3H3,(H,30,38)(H,31,32,37). The lowest BCUT2D eigenvalue weighted by Gasteiger charge is -2.20. The number of carbonyl (C=O) groups is 2. The van der Waals surface area contributed by atoms with Gasteiger partial charge in [0.1, 0.15) is 9.81 Å². The third-order valence-electron chi connectivity index (χ3n) is 6.77. The summed E-state index contributed by atoms with van der Waals surface area (Å²) in [6, 6.07) is 10.2. The van der Waals surface area contributed by atoms with Crippen LogP contribution < -0.4 is 15.4 Å². The molecular weight excluding hydrogens is 623 g/mol. The van der Waals surface area contributed by atoms with Crippen LogP contribution in [0, 0.1) is 0 Å². The Balaban J connectivity index is 1.12. The van der Waals surface area contributed by atoms with Crippen molar-refractivity contribution < 1.29 is 22.7 Å². The summed E-state index contributed by atoms with van der Waals surface area (Å²) in [5.74, 6) is -0.340. The highest BCUT2D eigenvalue weighted by molar-refractivity contribution is 7.94. The lowest BCUT2D eigenvalue weighted by Crippen LogP contribution is -2.33. The van der Waals surface area contributed by atoms with Gasteiger partial charge in [0.05, 0.1) is 21.6 Å². The zero-order valence-corrected chi connectivity index (χ0v) is 27.4. The molecule has 44 heavy (non-hydrogen) atoms. The van der Waals surface area contributed by atoms with Gasteiger partial charge in [-0.2, -0.15) is 5.10 Å². The van der Waals surface area contributed by atoms with Gasteiger partial charge in [-0.1, -0.05) is 23.8 Å². The Morgan fingerprint density at radius 1 is 1.09 bits per heavy atom. The van der Waals surface area contributed by atoms with Gasteiger partial charge in [0.2, 0.25) is 0 Å². The molecule has 0 radical (unpaired) electrons. The molecule has 1 aliphatic heterocycles. The Labute approximate surface area is 264 Å². The summed E-state index contributed by atoms with van der Waals surface area (Å²) in [4.78, 5) is 31.7. The summed E-state index contributed by atoms with van der Waals surface area (Å²) in [5, 5.41) is 12.3. The number of fused-ring (bicyclic) bond motifs is 2. The molecule has 0 aliphatic carbocycles. The van der Waals surface area contributed by atoms with E-state index in [2.05, 4.69) is 30.3 Å². The Morgan fingerprint density at radius 3 is 2.70 bits per heavy atom. The lowest BCUT2D eigenvalue weighted by molar-refractivity contribution is 0.0526. The number of aryl methyl sites for hydroxylation is 1. The summed E-state index contributed by atoms with van der Waals surface area (Å²) in [7, 11) is -3.66. The maximum atomic E-state index is 13.1. The van der Waals surface area contributed by atoms with Gasteiger partial charge in [-0.25, -0.2) is 18.2 Å². The molecule has 3 N–H and O–H groups in total. The predicted molar refractivity (Wildman–Crippen MR) is 173 cm³/mol. The van der Waals surface area contributed by atoms with E-state index >= 15 is 0 Å². The van der Waals surface area contributed by atoms with E-state index in [-0.39, 0.29) is 16.2 Å². The first-order valence-electron chi connectivity index (χ1n) is 14.5. The van der Waals surface area contributed by atoms with Crippen molar-refractivity contribution in [2.24, 2.45) is 0 Å². The van der Waals surface area contributed by atoms with Gasteiger partial charge in [0.25, 0.3) is 15.9 Å². The van der Waals surface area contributed by atoms with Crippen molar-refractivity contribution >= 4 is 65.7 Å². The molecule has 0 saturated carbocycles. The van der Waals surface area contributed by atoms with Crippen molar-refractivity contribution in [1.82, 2.24) is 25.0 Å². The van der Waals surface area contributed by atoms with E-state index in [9.17, 15) is 18.0 Å². The third-order valence-corrected chi connectivity index (χ3v) is 10.5. The number of nitrogens with zero attached hydrogens (tertiary/aromatic N) is 4. The predicted octanol–water partition coefficient (Wildman–Crippen LogP) is 5.51. The second kappa shape index (κ2) is 13.6. The normalized spacial score (nSPS) is 14.2. The molecule has 236 valence electrons. The first-order valence-corrected chi connectivity index (χ1v) is 17.7. The number of nitrogens with one attached hydrogen (secondary N) is 3. The van der Waals surface area contributed by atoms with Crippen LogP contribution in [0.4, 0.5) is 15.6 Å². The molecule has 1 aliphatic rings. The number of ether oxygens (including phenoxy) is 1. The second-order valence-electron chi connectivity index (χ2n) is 11.6. The molecule has 0 atom stereocenters. The van der Waals surface area contributed by atoms with Gasteiger partial charge < -0.3 is 10.1 Å². The van der Waals surface area contributed by atoms with Gasteiger partial charge in [0.15, 0.2) is 10.8 Å². The van der Waals surface area contributed by atoms with E-state index in [4.69, 9.17) is 4.74 Å². The smallest absolute Gasteiger partial charge is 0.407 e. The number of unbranched alkanes of at least 4 members (excludes halogenated alkanes) is 2. The number of rotatable bonds is 11. The summed E-state index contributed by atoms with van der Waals surface area (Å²) < 4.78 is 35.9. The molecule has 0 unspecified atom stereocenters. The fourth-order valence-corrected chi connectivity index (χ4v) is 7.74. The fourth-order valence-electron chi connectivity index (χ4n) is 4.80. The molecule has 3 aromatic heterocycles. The average Bonchev–Trinajstić information content (AvgIpc) is 3.68. The number of alkyl carbamates (subject to hydrolysis) is 1. The lowest BCUT2D eigenvalue weighted by atomic mass is 10.2. The number of anilines is 2. The Hall–Kier alpha value is -3.53. The second-order valence-corrected chi connectivity index (χ2v) is 15.4. The molecule has 12 nitrogen and oxygen atoms in total. The fraction of sp³-hybridized carbons (Fsp3) is 0.448. The van der Waals surface area contributed by atoms with Crippen molar-refractivity contribution in [3.05, 3.63) is 53.2 Å². The maximum absolute atomic E-state index is 13.1. The van der Waals surface area contributed by atoms with E-state index in [1.807, 2.05) is 31.5 Å². The van der Waals surface area contributed by atoms with Crippen LogP contribution in [0.1, 0.15) is 62.6 Å². The molecule has 4 aromatic rings. The van der Waals surface area contributed by atoms with Gasteiger partial charge in [-0.15, -0.1) is 11.3 Å². The summed E-state index contributed by atoms with van der Waals surface area (Å²) in [5.41, 5.74) is 1.90. The molecule has 4 heterocycles. The summed E-state index contributed by atoms with van der Waals surface area (Å²) in [6.45, 7) is 9.46. The minimum atomic E-state index is -3.66. The number of thiophene rings is 1. The van der Waals surface area contributed by atoms with Crippen LogP contribution >= 0.6 is 22.7 Å². The number of sulfonamides is 1. The van der Waals surface area contributed by atoms with Crippen molar-refractivity contribution in [3.8, 4) is 0 Å². The Bertz CT molecular complexity index is 1710. The van der Waals surface area contributed by atoms with E-state index in [0.717, 1.165) is 67.0 Å². The quantitative estimate of drug-likeness (QED) is 0.179. The van der Waals surface area contributed by atoms with Gasteiger partial charge >= 0.3 is 6.09 Å². The molecule has 0 spiro atoms. The number of carbonyl (C=O) groups excluding carboxylic acids is 2. The van der Waals surface area contributed by atoms with Crippen molar-refractivity contribution in [2.45, 2.75) is 69.4 Å². The van der Waals surface area contributed by atoms with Crippen LogP contribution in [-0.4, -0.2) is 65.3 Å². The topological polar surface area (TPSA) is 148 Å². The molecule has 5 rings (SSSR count). The van der Waals surface area contributed by atoms with Crippen LogP contribution in [0.5, 0.6) is 0 Å². The summed E-state index contributed by atoms with van der Waals surface area (Å²) >= 11 is 2.41. The first kappa shape index (κ1) is 31.9. The first-order chi connectivity index (χ1) is 20.9. The Morgan fingerprint density at radius 2 is 1.93 bits per heavy atom. The molecule has 2 amide bonds. The molecule has 0 bridgehead atoms. The highest BCUT2D eigenvalue weighted by Crippen LogP contribution is 2.30. The molecule has 0 fully saturated rings. The SMILES string of the molecule is CC(C)(C)OC(=O)NCCCCCN1CCCn2nc(C(=O)Nc3nc4ccc(NS(=O)(=O)c5cccs5)cc4s3)cc2C1. The van der Waals surface area contributed by atoms with Gasteiger partial charge in [0, 0.05) is 26.2 Å². The number of aromatic nitrogens is 3. The molecule has 1 aromatic carbocycles. The number of amides is 2. The number of thiazole rings is 1. The van der Waals surface area contributed by atoms with E-state index in [1.54, 1.807) is 35.7 Å². The largest absolute Gasteiger partial charge is 0.444 e. The number of hydrogen-bond acceptors (Lipinski definition) is 10. The van der Waals surface area contributed by atoms with Gasteiger partial charge in [-0.3, -0.25) is 24.4 Å². The van der Waals surface area contributed by atoms with Crippen LogP contribution in [0.2, 0.25) is 0 Å². The van der Waals surface area contributed by atoms with E-state index in [1.165, 1.54) is 11.3 Å². The average molecular weight is 660 g/mol. The number of hydrogen-bond donors (Lipinski definition) is 3. The van der Waals surface area contributed by atoms with Crippen molar-refractivity contribution in [3.63, 3.8) is 0 Å². The number of benzene rings is 1. The zero-order chi connectivity index (χ0) is 31.3. The van der Waals surface area contributed by atoms with Crippen LogP contribution in [0.25, 0.3) is 10.2 Å². The minimum Gasteiger partial charge on any atom is -0.444 e. The third kappa shape index (κ3) is 8.55. The molecule has 15 heteroatoms. The maximum Gasteiger partial charge on any atom is 0.407 e. The van der Waals surface area contributed by atoms with E-state index < -0.39 is 15.6 Å². The monoisotopic (exact) mass is 659 g/mol. The van der Waals surface area contributed by atoms with Crippen LogP contribution in [0.3, 0.4) is 0 Å².